The molecule has 2 heterocycles. The summed E-state index contributed by atoms with van der Waals surface area (Å²) >= 11 is 1.50. The number of hydrogen-bond donors (Lipinski definition) is 2. The third kappa shape index (κ3) is 2.41. The van der Waals surface area contributed by atoms with Crippen molar-refractivity contribution in [3.8, 4) is 5.19 Å². The molecular weight excluding hydrogens is 264 g/mol. The fraction of sp³-hybridized carbons (Fsp3) is 0.385. The van der Waals surface area contributed by atoms with Crippen molar-refractivity contribution >= 4 is 27.5 Å². The molecule has 2 N–H and O–H groups in total. The molecular formula is C13H14N2O3S. The second-order valence-electron chi connectivity index (χ2n) is 4.68. The summed E-state index contributed by atoms with van der Waals surface area (Å²) < 4.78 is 6.87. The highest BCUT2D eigenvalue weighted by Gasteiger charge is 2.31. The van der Waals surface area contributed by atoms with E-state index in [0.717, 1.165) is 15.8 Å². The molecule has 1 aromatic heterocycles. The summed E-state index contributed by atoms with van der Waals surface area (Å²) in [5.74, 6) is -0.828. The van der Waals surface area contributed by atoms with Crippen molar-refractivity contribution in [2.75, 3.05) is 6.54 Å². The van der Waals surface area contributed by atoms with Crippen molar-refractivity contribution in [3.05, 3.63) is 23.8 Å². The summed E-state index contributed by atoms with van der Waals surface area (Å²) in [4.78, 5) is 15.3. The van der Waals surface area contributed by atoms with Gasteiger partial charge < -0.3 is 15.2 Å². The van der Waals surface area contributed by atoms with E-state index < -0.39 is 12.0 Å². The van der Waals surface area contributed by atoms with Crippen LogP contribution in [0.25, 0.3) is 10.2 Å². The lowest BCUT2D eigenvalue weighted by molar-refractivity contribution is -0.139. The SMILES string of the molecule is Cc1cccc2sc(OC3CNC(C(=O)O)C3)nc12. The van der Waals surface area contributed by atoms with Crippen molar-refractivity contribution < 1.29 is 14.6 Å². The molecule has 1 aromatic carbocycles. The third-order valence-electron chi connectivity index (χ3n) is 3.26. The van der Waals surface area contributed by atoms with Crippen LogP contribution in [-0.2, 0) is 4.79 Å². The van der Waals surface area contributed by atoms with Gasteiger partial charge in [0.1, 0.15) is 12.1 Å². The maximum absolute atomic E-state index is 10.9. The topological polar surface area (TPSA) is 71.5 Å². The Hall–Kier alpha value is -1.66. The smallest absolute Gasteiger partial charge is 0.320 e. The summed E-state index contributed by atoms with van der Waals surface area (Å²) in [6.07, 6.45) is 0.353. The highest BCUT2D eigenvalue weighted by atomic mass is 32.1. The number of aliphatic carboxylic acids is 1. The van der Waals surface area contributed by atoms with Gasteiger partial charge in [-0.25, -0.2) is 4.98 Å². The first-order valence-corrected chi connectivity index (χ1v) is 6.94. The summed E-state index contributed by atoms with van der Waals surface area (Å²) in [6, 6.07) is 5.52. The summed E-state index contributed by atoms with van der Waals surface area (Å²) in [5.41, 5.74) is 2.08. The van der Waals surface area contributed by atoms with Crippen LogP contribution in [0.1, 0.15) is 12.0 Å². The van der Waals surface area contributed by atoms with Crippen molar-refractivity contribution in [3.63, 3.8) is 0 Å². The minimum absolute atomic E-state index is 0.123. The normalized spacial score (nSPS) is 22.8. The Balaban J connectivity index is 1.76. The minimum atomic E-state index is -0.828. The van der Waals surface area contributed by atoms with E-state index >= 15 is 0 Å². The molecule has 2 unspecified atom stereocenters. The maximum atomic E-state index is 10.9. The van der Waals surface area contributed by atoms with Gasteiger partial charge in [-0.05, 0) is 18.6 Å². The van der Waals surface area contributed by atoms with E-state index in [2.05, 4.69) is 10.3 Å². The molecule has 0 radical (unpaired) electrons. The molecule has 0 spiro atoms. The van der Waals surface area contributed by atoms with Crippen LogP contribution in [-0.4, -0.2) is 34.8 Å². The summed E-state index contributed by atoms with van der Waals surface area (Å²) in [7, 11) is 0. The number of carbonyl (C=O) groups is 1. The fourth-order valence-electron chi connectivity index (χ4n) is 2.24. The van der Waals surface area contributed by atoms with Gasteiger partial charge in [0, 0.05) is 13.0 Å². The van der Waals surface area contributed by atoms with Crippen molar-refractivity contribution in [2.24, 2.45) is 0 Å². The van der Waals surface area contributed by atoms with Gasteiger partial charge in [0.05, 0.1) is 10.2 Å². The monoisotopic (exact) mass is 278 g/mol. The van der Waals surface area contributed by atoms with Crippen LogP contribution in [0, 0.1) is 6.92 Å². The second kappa shape index (κ2) is 4.79. The van der Waals surface area contributed by atoms with E-state index in [0.29, 0.717) is 18.2 Å². The van der Waals surface area contributed by atoms with E-state index in [1.807, 2.05) is 25.1 Å². The molecule has 0 amide bonds. The van der Waals surface area contributed by atoms with Crippen LogP contribution in [0.4, 0.5) is 0 Å². The molecule has 1 saturated heterocycles. The first-order chi connectivity index (χ1) is 9.13. The molecule has 19 heavy (non-hydrogen) atoms. The molecule has 2 aromatic rings. The third-order valence-corrected chi connectivity index (χ3v) is 4.17. The zero-order valence-corrected chi connectivity index (χ0v) is 11.2. The van der Waals surface area contributed by atoms with Crippen LogP contribution in [0.15, 0.2) is 18.2 Å². The number of ether oxygens (including phenoxy) is 1. The van der Waals surface area contributed by atoms with Gasteiger partial charge in [-0.1, -0.05) is 23.5 Å². The molecule has 6 heteroatoms. The lowest BCUT2D eigenvalue weighted by Gasteiger charge is -2.08. The first-order valence-electron chi connectivity index (χ1n) is 6.12. The van der Waals surface area contributed by atoms with Crippen LogP contribution < -0.4 is 10.1 Å². The first kappa shape index (κ1) is 12.4. The van der Waals surface area contributed by atoms with Gasteiger partial charge >= 0.3 is 5.97 Å². The number of nitrogens with one attached hydrogen (secondary N) is 1. The van der Waals surface area contributed by atoms with Crippen molar-refractivity contribution in [1.82, 2.24) is 10.3 Å². The van der Waals surface area contributed by atoms with Gasteiger partial charge in [-0.3, -0.25) is 4.79 Å². The quantitative estimate of drug-likeness (QED) is 0.895. The number of carboxylic acid groups (broad SMARTS) is 1. The number of para-hydroxylation sites is 1. The number of rotatable bonds is 3. The predicted molar refractivity (Wildman–Crippen MR) is 72.8 cm³/mol. The number of thiazole rings is 1. The Morgan fingerprint density at radius 1 is 1.58 bits per heavy atom. The van der Waals surface area contributed by atoms with Crippen LogP contribution in [0.2, 0.25) is 0 Å². The molecule has 1 aliphatic heterocycles. The Morgan fingerprint density at radius 2 is 2.42 bits per heavy atom. The molecule has 1 aliphatic rings. The van der Waals surface area contributed by atoms with Crippen molar-refractivity contribution in [1.29, 1.82) is 0 Å². The lowest BCUT2D eigenvalue weighted by Crippen LogP contribution is -2.30. The molecule has 0 aliphatic carbocycles. The standard InChI is InChI=1S/C13H14N2O3S/c1-7-3-2-4-10-11(7)15-13(19-10)18-8-5-9(12(16)17)14-6-8/h2-4,8-9,14H,5-6H2,1H3,(H,16,17). The van der Waals surface area contributed by atoms with Gasteiger partial charge in [0.2, 0.25) is 0 Å². The Labute approximate surface area is 114 Å². The predicted octanol–water partition coefficient (Wildman–Crippen LogP) is 1.80. The fourth-order valence-corrected chi connectivity index (χ4v) is 3.20. The average molecular weight is 278 g/mol. The van der Waals surface area contributed by atoms with Gasteiger partial charge in [-0.2, -0.15) is 0 Å². The van der Waals surface area contributed by atoms with E-state index in [9.17, 15) is 4.79 Å². The number of fused-ring (bicyclic) bond motifs is 1. The van der Waals surface area contributed by atoms with E-state index in [4.69, 9.17) is 9.84 Å². The highest BCUT2D eigenvalue weighted by Crippen LogP contribution is 2.30. The number of nitrogens with zero attached hydrogens (tertiary/aromatic N) is 1. The summed E-state index contributed by atoms with van der Waals surface area (Å²) in [6.45, 7) is 2.56. The second-order valence-corrected chi connectivity index (χ2v) is 5.67. The zero-order chi connectivity index (χ0) is 13.4. The molecule has 2 atom stereocenters. The zero-order valence-electron chi connectivity index (χ0n) is 10.4. The van der Waals surface area contributed by atoms with Crippen LogP contribution in [0.5, 0.6) is 5.19 Å². The lowest BCUT2D eigenvalue weighted by atomic mass is 10.2. The van der Waals surface area contributed by atoms with E-state index in [1.54, 1.807) is 0 Å². The Bertz CT molecular complexity index is 625. The highest BCUT2D eigenvalue weighted by molar-refractivity contribution is 7.20. The largest absolute Gasteiger partial charge is 0.480 e. The molecule has 0 saturated carbocycles. The number of aromatic nitrogens is 1. The molecule has 5 nitrogen and oxygen atoms in total. The van der Waals surface area contributed by atoms with Gasteiger partial charge in [-0.15, -0.1) is 0 Å². The minimum Gasteiger partial charge on any atom is -0.480 e. The molecule has 3 rings (SSSR count). The molecule has 1 fully saturated rings. The Morgan fingerprint density at radius 3 is 3.11 bits per heavy atom. The van der Waals surface area contributed by atoms with Gasteiger partial charge in [0.15, 0.2) is 0 Å². The van der Waals surface area contributed by atoms with Crippen molar-refractivity contribution in [2.45, 2.75) is 25.5 Å². The van der Waals surface area contributed by atoms with Crippen LogP contribution >= 0.6 is 11.3 Å². The molecule has 100 valence electrons. The summed E-state index contributed by atoms with van der Waals surface area (Å²) in [5, 5.41) is 12.5. The van der Waals surface area contributed by atoms with E-state index in [-0.39, 0.29) is 6.10 Å². The maximum Gasteiger partial charge on any atom is 0.320 e. The number of aryl methyl sites for hydroxylation is 1. The average Bonchev–Trinajstić information content (AvgIpc) is 2.96. The number of benzene rings is 1. The number of carboxylic acids is 1. The Kier molecular flexibility index (Phi) is 3.12. The molecule has 0 bridgehead atoms. The van der Waals surface area contributed by atoms with E-state index in [1.165, 1.54) is 11.3 Å². The number of hydrogen-bond acceptors (Lipinski definition) is 5. The van der Waals surface area contributed by atoms with Crippen LogP contribution in [0.3, 0.4) is 0 Å². The van der Waals surface area contributed by atoms with Gasteiger partial charge in [0.25, 0.3) is 5.19 Å².